The van der Waals surface area contributed by atoms with Gasteiger partial charge in [0.25, 0.3) is 5.91 Å². The number of nitrogens with zero attached hydrogens (tertiary/aromatic N) is 1. The van der Waals surface area contributed by atoms with Crippen LogP contribution in [-0.2, 0) is 4.74 Å². The average molecular weight is 259 g/mol. The van der Waals surface area contributed by atoms with Gasteiger partial charge in [0.15, 0.2) is 0 Å². The zero-order valence-corrected chi connectivity index (χ0v) is 10.8. The molecule has 1 aromatic rings. The molecule has 1 aromatic heterocycles. The Kier molecular flexibility index (Phi) is 4.50. The fraction of sp³-hybridized carbons (Fsp3) is 0.429. The van der Waals surface area contributed by atoms with Crippen LogP contribution >= 0.6 is 0 Å². The molecular weight excluding hydrogens is 242 g/mol. The van der Waals surface area contributed by atoms with Gasteiger partial charge in [0.2, 0.25) is 0 Å². The molecule has 1 amide bonds. The van der Waals surface area contributed by atoms with E-state index in [9.17, 15) is 4.79 Å². The minimum Gasteiger partial charge on any atom is -0.381 e. The van der Waals surface area contributed by atoms with Crippen LogP contribution in [0.4, 0.5) is 0 Å². The van der Waals surface area contributed by atoms with Crippen LogP contribution in [0.5, 0.6) is 0 Å². The van der Waals surface area contributed by atoms with E-state index in [1.807, 2.05) is 0 Å². The molecule has 19 heavy (non-hydrogen) atoms. The van der Waals surface area contributed by atoms with Crippen molar-refractivity contribution in [1.82, 2.24) is 10.3 Å². The number of carbonyl (C=O) groups excluding carboxylic acids is 1. The Morgan fingerprint density at radius 3 is 3.11 bits per heavy atom. The maximum absolute atomic E-state index is 12.1. The lowest BCUT2D eigenvalue weighted by molar-refractivity contribution is 0.0176. The van der Waals surface area contributed by atoms with Crippen molar-refractivity contribution in [3.63, 3.8) is 0 Å². The molecule has 0 saturated heterocycles. The Morgan fingerprint density at radius 2 is 2.42 bits per heavy atom. The number of rotatable bonds is 3. The fourth-order valence-corrected chi connectivity index (χ4v) is 1.98. The maximum atomic E-state index is 12.1. The Hall–Kier alpha value is -1.90. The normalized spacial score (nSPS) is 20.9. The van der Waals surface area contributed by atoms with Crippen LogP contribution in [0.15, 0.2) is 18.5 Å². The standard InChI is InChI=1S/C14H17N3O2/c1-19-12-7-11(8-12)17-14(18)13-4-6-16-9-10(13)3-2-5-15/h4,6,9,11-12H,5,7-8,15H2,1H3,(H,17,18). The van der Waals surface area contributed by atoms with Crippen LogP contribution in [0, 0.1) is 11.8 Å². The highest BCUT2D eigenvalue weighted by Crippen LogP contribution is 2.23. The van der Waals surface area contributed by atoms with E-state index >= 15 is 0 Å². The van der Waals surface area contributed by atoms with Crippen molar-refractivity contribution in [2.45, 2.75) is 25.0 Å². The van der Waals surface area contributed by atoms with Crippen LogP contribution < -0.4 is 11.1 Å². The third-order valence-corrected chi connectivity index (χ3v) is 3.15. The first-order valence-electron chi connectivity index (χ1n) is 6.21. The van der Waals surface area contributed by atoms with E-state index in [1.54, 1.807) is 25.6 Å². The first-order valence-corrected chi connectivity index (χ1v) is 6.21. The number of hydrogen-bond donors (Lipinski definition) is 2. The number of carbonyl (C=O) groups is 1. The highest BCUT2D eigenvalue weighted by molar-refractivity contribution is 5.96. The summed E-state index contributed by atoms with van der Waals surface area (Å²) >= 11 is 0. The number of amides is 1. The molecule has 1 fully saturated rings. The van der Waals surface area contributed by atoms with E-state index in [0.29, 0.717) is 11.1 Å². The Labute approximate surface area is 112 Å². The van der Waals surface area contributed by atoms with Gasteiger partial charge >= 0.3 is 0 Å². The molecule has 1 heterocycles. The number of nitrogens with one attached hydrogen (secondary N) is 1. The van der Waals surface area contributed by atoms with Gasteiger partial charge in [0.1, 0.15) is 0 Å². The third-order valence-electron chi connectivity index (χ3n) is 3.15. The van der Waals surface area contributed by atoms with E-state index < -0.39 is 0 Å². The average Bonchev–Trinajstić information content (AvgIpc) is 2.40. The number of nitrogens with two attached hydrogens (primary N) is 1. The zero-order chi connectivity index (χ0) is 13.7. The van der Waals surface area contributed by atoms with E-state index in [2.05, 4.69) is 22.1 Å². The van der Waals surface area contributed by atoms with Crippen LogP contribution in [-0.4, -0.2) is 36.7 Å². The molecule has 0 atom stereocenters. The van der Waals surface area contributed by atoms with Gasteiger partial charge in [-0.1, -0.05) is 11.8 Å². The predicted molar refractivity (Wildman–Crippen MR) is 71.5 cm³/mol. The summed E-state index contributed by atoms with van der Waals surface area (Å²) in [6.07, 6.45) is 5.14. The van der Waals surface area contributed by atoms with Gasteiger partial charge in [-0.3, -0.25) is 9.78 Å². The first kappa shape index (κ1) is 13.5. The lowest BCUT2D eigenvalue weighted by Gasteiger charge is -2.34. The molecular formula is C14H17N3O2. The highest BCUT2D eigenvalue weighted by Gasteiger charge is 2.30. The van der Waals surface area contributed by atoms with Crippen molar-refractivity contribution >= 4 is 5.91 Å². The lowest BCUT2D eigenvalue weighted by Crippen LogP contribution is -2.47. The second-order valence-electron chi connectivity index (χ2n) is 4.43. The lowest BCUT2D eigenvalue weighted by atomic mass is 9.89. The Bertz CT molecular complexity index is 513. The van der Waals surface area contributed by atoms with E-state index in [-0.39, 0.29) is 24.6 Å². The minimum absolute atomic E-state index is 0.122. The SMILES string of the molecule is COC1CC(NC(=O)c2ccncc2C#CCN)C1. The van der Waals surface area contributed by atoms with Gasteiger partial charge < -0.3 is 15.8 Å². The summed E-state index contributed by atoms with van der Waals surface area (Å²) in [5, 5.41) is 2.97. The van der Waals surface area contributed by atoms with Crippen LogP contribution in [0.1, 0.15) is 28.8 Å². The summed E-state index contributed by atoms with van der Waals surface area (Å²) in [7, 11) is 1.69. The molecule has 1 aliphatic rings. The van der Waals surface area contributed by atoms with Gasteiger partial charge in [-0.15, -0.1) is 0 Å². The third kappa shape index (κ3) is 3.31. The van der Waals surface area contributed by atoms with Crippen molar-refractivity contribution in [2.75, 3.05) is 13.7 Å². The van der Waals surface area contributed by atoms with Gasteiger partial charge in [-0.05, 0) is 18.9 Å². The van der Waals surface area contributed by atoms with E-state index in [1.165, 1.54) is 0 Å². The van der Waals surface area contributed by atoms with Crippen LogP contribution in [0.2, 0.25) is 0 Å². The molecule has 5 nitrogen and oxygen atoms in total. The number of aromatic nitrogens is 1. The zero-order valence-electron chi connectivity index (χ0n) is 10.8. The maximum Gasteiger partial charge on any atom is 0.252 e. The van der Waals surface area contributed by atoms with Gasteiger partial charge in [0, 0.05) is 25.5 Å². The summed E-state index contributed by atoms with van der Waals surface area (Å²) in [6, 6.07) is 1.85. The quantitative estimate of drug-likeness (QED) is 0.765. The van der Waals surface area contributed by atoms with Crippen LogP contribution in [0.25, 0.3) is 0 Å². The van der Waals surface area contributed by atoms with Crippen molar-refractivity contribution < 1.29 is 9.53 Å². The molecule has 3 N–H and O–H groups in total. The summed E-state index contributed by atoms with van der Waals surface area (Å²) in [5.41, 5.74) is 6.48. The second kappa shape index (κ2) is 6.32. The number of ether oxygens (including phenoxy) is 1. The predicted octanol–water partition coefficient (Wildman–Crippen LogP) is 0.299. The minimum atomic E-state index is -0.122. The summed E-state index contributed by atoms with van der Waals surface area (Å²) < 4.78 is 5.18. The monoisotopic (exact) mass is 259 g/mol. The molecule has 0 bridgehead atoms. The van der Waals surface area contributed by atoms with Gasteiger partial charge in [-0.25, -0.2) is 0 Å². The van der Waals surface area contributed by atoms with Crippen molar-refractivity contribution in [2.24, 2.45) is 5.73 Å². The largest absolute Gasteiger partial charge is 0.381 e. The molecule has 5 heteroatoms. The molecule has 0 aliphatic heterocycles. The number of pyridine rings is 1. The summed E-state index contributed by atoms with van der Waals surface area (Å²) in [5.74, 6) is 5.47. The molecule has 0 radical (unpaired) electrons. The highest BCUT2D eigenvalue weighted by atomic mass is 16.5. The van der Waals surface area contributed by atoms with Crippen molar-refractivity contribution in [1.29, 1.82) is 0 Å². The molecule has 2 rings (SSSR count). The molecule has 0 spiro atoms. The van der Waals surface area contributed by atoms with E-state index in [4.69, 9.17) is 10.5 Å². The van der Waals surface area contributed by atoms with E-state index in [0.717, 1.165) is 12.8 Å². The molecule has 100 valence electrons. The summed E-state index contributed by atoms with van der Waals surface area (Å²) in [4.78, 5) is 16.1. The fourth-order valence-electron chi connectivity index (χ4n) is 1.98. The molecule has 1 saturated carbocycles. The molecule has 0 unspecified atom stereocenters. The van der Waals surface area contributed by atoms with Gasteiger partial charge in [-0.2, -0.15) is 0 Å². The number of methoxy groups -OCH3 is 1. The first-order chi connectivity index (χ1) is 9.24. The topological polar surface area (TPSA) is 77.2 Å². The molecule has 0 aromatic carbocycles. The summed E-state index contributed by atoms with van der Waals surface area (Å²) in [6.45, 7) is 0.258. The van der Waals surface area contributed by atoms with Crippen LogP contribution in [0.3, 0.4) is 0 Å². The van der Waals surface area contributed by atoms with Crippen molar-refractivity contribution in [3.8, 4) is 11.8 Å². The second-order valence-corrected chi connectivity index (χ2v) is 4.43. The van der Waals surface area contributed by atoms with Crippen molar-refractivity contribution in [3.05, 3.63) is 29.6 Å². The van der Waals surface area contributed by atoms with Gasteiger partial charge in [0.05, 0.1) is 23.8 Å². The molecule has 1 aliphatic carbocycles. The smallest absolute Gasteiger partial charge is 0.252 e. The number of hydrogen-bond acceptors (Lipinski definition) is 4. The Balaban J connectivity index is 2.03. The Morgan fingerprint density at radius 1 is 1.63 bits per heavy atom.